The highest BCUT2D eigenvalue weighted by atomic mass is 32.2. The van der Waals surface area contributed by atoms with Crippen molar-refractivity contribution in [2.24, 2.45) is 0 Å². The van der Waals surface area contributed by atoms with E-state index in [1.807, 2.05) is 11.9 Å². The molecule has 1 N–H and O–H groups in total. The Bertz CT molecular complexity index is 839. The van der Waals surface area contributed by atoms with Gasteiger partial charge in [0, 0.05) is 45.8 Å². The third-order valence-corrected chi connectivity index (χ3v) is 6.98. The van der Waals surface area contributed by atoms with Gasteiger partial charge in [0.1, 0.15) is 6.04 Å². The lowest BCUT2D eigenvalue weighted by Gasteiger charge is -2.38. The molecule has 0 saturated carbocycles. The van der Waals surface area contributed by atoms with Crippen molar-refractivity contribution in [1.82, 2.24) is 9.21 Å². The van der Waals surface area contributed by atoms with Crippen LogP contribution >= 0.6 is 0 Å². The number of anilines is 1. The van der Waals surface area contributed by atoms with Gasteiger partial charge in [-0.05, 0) is 30.5 Å². The van der Waals surface area contributed by atoms with Crippen molar-refractivity contribution >= 4 is 27.6 Å². The van der Waals surface area contributed by atoms with E-state index in [2.05, 4.69) is 0 Å². The zero-order valence-corrected chi connectivity index (χ0v) is 15.7. The van der Waals surface area contributed by atoms with Gasteiger partial charge in [0.25, 0.3) is 0 Å². The Labute approximate surface area is 153 Å². The Kier molecular flexibility index (Phi) is 4.94. The molecule has 1 saturated heterocycles. The number of aryl methyl sites for hydroxylation is 1. The molecule has 0 spiro atoms. The second-order valence-corrected chi connectivity index (χ2v) is 8.64. The average Bonchev–Trinajstić information content (AvgIpc) is 2.61. The molecule has 1 unspecified atom stereocenters. The number of benzene rings is 1. The molecule has 0 radical (unpaired) electrons. The quantitative estimate of drug-likeness (QED) is 0.813. The van der Waals surface area contributed by atoms with Gasteiger partial charge in [-0.3, -0.25) is 9.59 Å². The Hall–Kier alpha value is -2.13. The number of sulfonamides is 1. The number of piperazine rings is 1. The van der Waals surface area contributed by atoms with Gasteiger partial charge in [0.2, 0.25) is 15.9 Å². The minimum absolute atomic E-state index is 0.0359. The number of carboxylic acids is 1. The fraction of sp³-hybridized carbons (Fsp3) is 0.529. The number of carbonyl (C=O) groups is 2. The highest BCUT2D eigenvalue weighted by molar-refractivity contribution is 7.89. The van der Waals surface area contributed by atoms with Crippen LogP contribution in [0.5, 0.6) is 0 Å². The maximum absolute atomic E-state index is 13.1. The first-order chi connectivity index (χ1) is 12.2. The van der Waals surface area contributed by atoms with E-state index in [9.17, 15) is 23.1 Å². The lowest BCUT2D eigenvalue weighted by molar-refractivity contribution is -0.145. The van der Waals surface area contributed by atoms with E-state index in [1.165, 1.54) is 11.8 Å². The van der Waals surface area contributed by atoms with E-state index >= 15 is 0 Å². The Balaban J connectivity index is 1.95. The predicted octanol–water partition coefficient (Wildman–Crippen LogP) is 0.375. The fourth-order valence-electron chi connectivity index (χ4n) is 3.57. The number of carbonyl (C=O) groups excluding carboxylic acids is 1. The fourth-order valence-corrected chi connectivity index (χ4v) is 5.16. The van der Waals surface area contributed by atoms with E-state index in [-0.39, 0.29) is 30.4 Å². The molecule has 9 heteroatoms. The zero-order chi connectivity index (χ0) is 19.1. The third kappa shape index (κ3) is 3.28. The molecule has 0 aromatic heterocycles. The number of amides is 1. The molecule has 8 nitrogen and oxygen atoms in total. The summed E-state index contributed by atoms with van der Waals surface area (Å²) in [5.74, 6) is -1.52. The van der Waals surface area contributed by atoms with Crippen molar-refractivity contribution in [3.63, 3.8) is 0 Å². The van der Waals surface area contributed by atoms with Crippen LogP contribution in [0.25, 0.3) is 0 Å². The first-order valence-corrected chi connectivity index (χ1v) is 10.00. The van der Waals surface area contributed by atoms with Gasteiger partial charge < -0.3 is 14.9 Å². The summed E-state index contributed by atoms with van der Waals surface area (Å²) in [5, 5.41) is 9.50. The maximum Gasteiger partial charge on any atom is 0.323 e. The predicted molar refractivity (Wildman–Crippen MR) is 95.6 cm³/mol. The monoisotopic (exact) mass is 381 g/mol. The number of hydrogen-bond donors (Lipinski definition) is 1. The minimum Gasteiger partial charge on any atom is -0.480 e. The van der Waals surface area contributed by atoms with Gasteiger partial charge in [-0.25, -0.2) is 8.42 Å². The molecule has 1 fully saturated rings. The zero-order valence-electron chi connectivity index (χ0n) is 14.9. The van der Waals surface area contributed by atoms with Crippen molar-refractivity contribution in [1.29, 1.82) is 0 Å². The van der Waals surface area contributed by atoms with Crippen LogP contribution in [-0.4, -0.2) is 73.9 Å². The number of hydrogen-bond acceptors (Lipinski definition) is 5. The molecular weight excluding hydrogens is 358 g/mol. The largest absolute Gasteiger partial charge is 0.480 e. The smallest absolute Gasteiger partial charge is 0.323 e. The van der Waals surface area contributed by atoms with Crippen molar-refractivity contribution in [2.75, 3.05) is 38.1 Å². The maximum atomic E-state index is 13.1. The normalized spacial score (nSPS) is 21.4. The number of aliphatic carboxylic acids is 1. The minimum atomic E-state index is -3.97. The summed E-state index contributed by atoms with van der Waals surface area (Å²) in [4.78, 5) is 26.7. The lowest BCUT2D eigenvalue weighted by atomic mass is 10.0. The highest BCUT2D eigenvalue weighted by Gasteiger charge is 2.41. The molecular formula is C17H23N3O5S. The number of nitrogens with zero attached hydrogens (tertiary/aromatic N) is 3. The number of rotatable bonds is 3. The van der Waals surface area contributed by atoms with Crippen LogP contribution in [0.2, 0.25) is 0 Å². The summed E-state index contributed by atoms with van der Waals surface area (Å²) in [7, 11) is -2.06. The molecule has 1 aromatic rings. The highest BCUT2D eigenvalue weighted by Crippen LogP contribution is 2.31. The van der Waals surface area contributed by atoms with Crippen molar-refractivity contribution in [2.45, 2.75) is 30.7 Å². The van der Waals surface area contributed by atoms with Gasteiger partial charge in [-0.1, -0.05) is 6.07 Å². The first kappa shape index (κ1) is 18.7. The average molecular weight is 381 g/mol. The molecule has 1 atom stereocenters. The molecule has 1 aromatic carbocycles. The number of fused-ring (bicyclic) bond motifs is 1. The molecule has 2 aliphatic rings. The van der Waals surface area contributed by atoms with Crippen molar-refractivity contribution in [3.05, 3.63) is 23.8 Å². The van der Waals surface area contributed by atoms with E-state index in [0.29, 0.717) is 0 Å². The molecule has 142 valence electrons. The van der Waals surface area contributed by atoms with Crippen LogP contribution in [-0.2, 0) is 26.0 Å². The van der Waals surface area contributed by atoms with Gasteiger partial charge in [-0.15, -0.1) is 0 Å². The molecule has 2 aliphatic heterocycles. The second-order valence-electron chi connectivity index (χ2n) is 6.75. The Morgan fingerprint density at radius 1 is 1.19 bits per heavy atom. The van der Waals surface area contributed by atoms with E-state index in [1.54, 1.807) is 18.2 Å². The van der Waals surface area contributed by atoms with E-state index in [0.717, 1.165) is 34.9 Å². The number of carboxylic acid groups (broad SMARTS) is 1. The lowest BCUT2D eigenvalue weighted by Crippen LogP contribution is -2.58. The molecule has 26 heavy (non-hydrogen) atoms. The van der Waals surface area contributed by atoms with E-state index in [4.69, 9.17) is 0 Å². The summed E-state index contributed by atoms with van der Waals surface area (Å²) in [6.07, 6.45) is 1.92. The molecule has 2 heterocycles. The summed E-state index contributed by atoms with van der Waals surface area (Å²) in [6, 6.07) is 3.69. The molecule has 1 amide bonds. The Morgan fingerprint density at radius 2 is 1.92 bits per heavy atom. The van der Waals surface area contributed by atoms with Crippen molar-refractivity contribution < 1.29 is 23.1 Å². The van der Waals surface area contributed by atoms with Gasteiger partial charge in [0.15, 0.2) is 0 Å². The van der Waals surface area contributed by atoms with Gasteiger partial charge in [0.05, 0.1) is 4.90 Å². The Morgan fingerprint density at radius 3 is 2.58 bits per heavy atom. The third-order valence-electron chi connectivity index (χ3n) is 5.08. The van der Waals surface area contributed by atoms with Gasteiger partial charge >= 0.3 is 5.97 Å². The molecule has 3 rings (SSSR count). The second kappa shape index (κ2) is 6.88. The first-order valence-electron chi connectivity index (χ1n) is 8.56. The summed E-state index contributed by atoms with van der Waals surface area (Å²) in [6.45, 7) is 2.21. The van der Waals surface area contributed by atoms with Crippen LogP contribution in [0.4, 0.5) is 5.69 Å². The molecule has 0 bridgehead atoms. The van der Waals surface area contributed by atoms with Crippen LogP contribution in [0.1, 0.15) is 18.9 Å². The summed E-state index contributed by atoms with van der Waals surface area (Å²) < 4.78 is 27.2. The summed E-state index contributed by atoms with van der Waals surface area (Å²) >= 11 is 0. The molecule has 0 aliphatic carbocycles. The summed E-state index contributed by atoms with van der Waals surface area (Å²) in [5.41, 5.74) is 1.96. The SMILES string of the molecule is CC(=O)N1CCN(S(=O)(=O)c2ccc3c(c2)N(C)CCC3)C(C(=O)O)C1. The van der Waals surface area contributed by atoms with Crippen LogP contribution < -0.4 is 4.90 Å². The van der Waals surface area contributed by atoms with Crippen molar-refractivity contribution in [3.8, 4) is 0 Å². The van der Waals surface area contributed by atoms with Crippen LogP contribution in [0.3, 0.4) is 0 Å². The van der Waals surface area contributed by atoms with Crippen LogP contribution in [0.15, 0.2) is 23.1 Å². The van der Waals surface area contributed by atoms with Gasteiger partial charge in [-0.2, -0.15) is 4.31 Å². The van der Waals surface area contributed by atoms with Crippen LogP contribution in [0, 0.1) is 0 Å². The standard InChI is InChI=1S/C17H23N3O5S/c1-12(21)19-8-9-20(16(11-19)17(22)23)26(24,25)14-6-5-13-4-3-7-18(2)15(13)10-14/h5-6,10,16H,3-4,7-9,11H2,1-2H3,(H,22,23). The van der Waals surface area contributed by atoms with E-state index < -0.39 is 22.0 Å². The topological polar surface area (TPSA) is 98.2 Å².